The molecule has 0 spiro atoms. The summed E-state index contributed by atoms with van der Waals surface area (Å²) in [6, 6.07) is 0. The van der Waals surface area contributed by atoms with E-state index < -0.39 is 0 Å². The van der Waals surface area contributed by atoms with Crippen molar-refractivity contribution in [2.45, 2.75) is 0 Å². The third-order valence-corrected chi connectivity index (χ3v) is 3.85. The maximum Gasteiger partial charge on any atom is 0.363 e. The molecular weight excluding hydrogens is 327 g/mol. The van der Waals surface area contributed by atoms with Crippen molar-refractivity contribution in [3.63, 3.8) is 0 Å². The van der Waals surface area contributed by atoms with Gasteiger partial charge in [-0.1, -0.05) is 12.1 Å². The van der Waals surface area contributed by atoms with Gasteiger partial charge < -0.3 is 3.02 Å². The largest absolute Gasteiger partial charge is 0.363 e. The lowest BCUT2D eigenvalue weighted by Crippen LogP contribution is -2.18. The summed E-state index contributed by atoms with van der Waals surface area (Å²) < 4.78 is 2.65. The predicted octanol–water partition coefficient (Wildman–Crippen LogP) is 2.18. The summed E-state index contributed by atoms with van der Waals surface area (Å²) in [6.45, 7) is 0. The van der Waals surface area contributed by atoms with Crippen LogP contribution in [-0.2, 0) is 0 Å². The van der Waals surface area contributed by atoms with Crippen LogP contribution in [0.5, 0.6) is 0 Å². The van der Waals surface area contributed by atoms with E-state index in [1.54, 1.807) is 0 Å². The number of hydrogen-bond acceptors (Lipinski definition) is 1. The Morgan fingerprint density at radius 2 is 2.12 bits per heavy atom. The summed E-state index contributed by atoms with van der Waals surface area (Å²) in [5.41, 5.74) is 0. The average Bonchev–Trinajstić information content (AvgIpc) is 1.77. The highest BCUT2D eigenvalue weighted by molar-refractivity contribution is 14.1. The van der Waals surface area contributed by atoms with Crippen LogP contribution in [0.25, 0.3) is 0 Å². The highest BCUT2D eigenvalue weighted by Crippen LogP contribution is 2.14. The highest BCUT2D eigenvalue weighted by Gasteiger charge is 2.11. The maximum absolute atomic E-state index is 2.36. The Labute approximate surface area is 76.7 Å². The molecule has 4 heteroatoms. The second kappa shape index (κ2) is 3.10. The quantitative estimate of drug-likeness (QED) is 0.374. The first-order valence-electron chi connectivity index (χ1n) is 2.24. The van der Waals surface area contributed by atoms with Gasteiger partial charge in [0.1, 0.15) is 0 Å². The molecule has 0 N–H and O–H groups in total. The van der Waals surface area contributed by atoms with Crippen LogP contribution in [0.15, 0.2) is 24.3 Å². The monoisotopic (exact) mass is 331 g/mol. The molecule has 1 aliphatic heterocycles. The summed E-state index contributed by atoms with van der Waals surface area (Å²) in [6.07, 6.45) is 6.14. The summed E-state index contributed by atoms with van der Waals surface area (Å²) in [7, 11) is 0. The average molecular weight is 331 g/mol. The molecule has 0 amide bonds. The third-order valence-electron chi connectivity index (χ3n) is 0.845. The first kappa shape index (κ1) is 6.92. The first-order chi connectivity index (χ1) is 3.80. The molecule has 0 aromatic rings. The van der Waals surface area contributed by atoms with Crippen LogP contribution in [0.2, 0.25) is 0 Å². The molecule has 0 saturated carbocycles. The van der Waals surface area contributed by atoms with Gasteiger partial charge in [0.25, 0.3) is 0 Å². The van der Waals surface area contributed by atoms with Crippen LogP contribution >= 0.6 is 45.2 Å². The van der Waals surface area contributed by atoms with Crippen LogP contribution in [-0.4, -0.2) is 7.73 Å². The van der Waals surface area contributed by atoms with Gasteiger partial charge in [0.05, 0.1) is 0 Å². The number of halogens is 2. The standard InChI is InChI=1S/C4H4BI2N/c6-5-3-1-2-4-8(5)7/h1-4H. The summed E-state index contributed by atoms with van der Waals surface area (Å²) in [5.74, 6) is 2.15. The first-order valence-corrected chi connectivity index (χ1v) is 4.45. The maximum atomic E-state index is 2.36. The Morgan fingerprint density at radius 1 is 1.38 bits per heavy atom. The highest BCUT2D eigenvalue weighted by atomic mass is 127. The molecule has 1 rings (SSSR count). The fourth-order valence-electron chi connectivity index (χ4n) is 0.452. The molecule has 0 atom stereocenters. The lowest BCUT2D eigenvalue weighted by Gasteiger charge is -2.13. The smallest absolute Gasteiger partial charge is 0.350 e. The molecule has 0 aliphatic carbocycles. The van der Waals surface area contributed by atoms with E-state index in [4.69, 9.17) is 0 Å². The van der Waals surface area contributed by atoms with Crippen molar-refractivity contribution in [3.05, 3.63) is 24.3 Å². The molecule has 0 bridgehead atoms. The molecule has 0 fully saturated rings. The van der Waals surface area contributed by atoms with Crippen LogP contribution in [0.4, 0.5) is 0 Å². The van der Waals surface area contributed by atoms with Gasteiger partial charge in [-0.05, 0) is 12.3 Å². The van der Waals surface area contributed by atoms with E-state index in [9.17, 15) is 0 Å². The van der Waals surface area contributed by atoms with Crippen LogP contribution in [0.1, 0.15) is 0 Å². The van der Waals surface area contributed by atoms with E-state index in [0.29, 0.717) is 4.70 Å². The molecular formula is C4H4BI2N. The van der Waals surface area contributed by atoms with Crippen molar-refractivity contribution in [1.82, 2.24) is 3.02 Å². The molecule has 0 aromatic heterocycles. The minimum absolute atomic E-state index is 0.526. The lowest BCUT2D eigenvalue weighted by molar-refractivity contribution is 1.06. The van der Waals surface area contributed by atoms with Crippen molar-refractivity contribution < 1.29 is 0 Å². The van der Waals surface area contributed by atoms with E-state index in [-0.39, 0.29) is 0 Å². The Morgan fingerprint density at radius 3 is 2.50 bits per heavy atom. The Kier molecular flexibility index (Phi) is 2.68. The number of hydrogen-bond donors (Lipinski definition) is 0. The lowest BCUT2D eigenvalue weighted by atomic mass is 9.92. The Balaban J connectivity index is 2.59. The van der Waals surface area contributed by atoms with Gasteiger partial charge in [0, 0.05) is 22.9 Å². The van der Waals surface area contributed by atoms with Crippen molar-refractivity contribution >= 4 is 49.9 Å². The number of nitrogens with zero attached hydrogens (tertiary/aromatic N) is 1. The molecule has 0 unspecified atom stereocenters. The van der Waals surface area contributed by atoms with Gasteiger partial charge in [-0.2, -0.15) is 0 Å². The van der Waals surface area contributed by atoms with Gasteiger partial charge in [-0.25, -0.2) is 0 Å². The van der Waals surface area contributed by atoms with Crippen LogP contribution in [0.3, 0.4) is 0 Å². The fourth-order valence-corrected chi connectivity index (χ4v) is 1.25. The van der Waals surface area contributed by atoms with Crippen LogP contribution in [0, 0.1) is 0 Å². The zero-order valence-electron chi connectivity index (χ0n) is 4.09. The van der Waals surface area contributed by atoms with Crippen molar-refractivity contribution in [2.75, 3.05) is 0 Å². The zero-order chi connectivity index (χ0) is 5.98. The number of rotatable bonds is 0. The van der Waals surface area contributed by atoms with Gasteiger partial charge in [0.2, 0.25) is 0 Å². The zero-order valence-corrected chi connectivity index (χ0v) is 8.40. The van der Waals surface area contributed by atoms with E-state index in [1.807, 2.05) is 6.08 Å². The minimum Gasteiger partial charge on any atom is -0.350 e. The molecule has 42 valence electrons. The SMILES string of the molecule is IB1C=CC=CN1I. The van der Waals surface area contributed by atoms with E-state index in [0.717, 1.165) is 0 Å². The normalized spacial score (nSPS) is 17.8. The summed E-state index contributed by atoms with van der Waals surface area (Å²) in [5, 5.41) is 0. The summed E-state index contributed by atoms with van der Waals surface area (Å²) in [4.78, 5) is 0. The molecule has 0 saturated heterocycles. The molecule has 1 heterocycles. The Bertz CT molecular complexity index is 118. The molecule has 0 radical (unpaired) electrons. The van der Waals surface area contributed by atoms with E-state index in [1.165, 1.54) is 0 Å². The van der Waals surface area contributed by atoms with Crippen molar-refractivity contribution in [3.8, 4) is 0 Å². The topological polar surface area (TPSA) is 3.24 Å². The van der Waals surface area contributed by atoms with Gasteiger partial charge in [0.15, 0.2) is 0 Å². The minimum atomic E-state index is 0.526. The van der Waals surface area contributed by atoms with Crippen molar-refractivity contribution in [2.24, 2.45) is 0 Å². The second-order valence-electron chi connectivity index (χ2n) is 1.44. The van der Waals surface area contributed by atoms with Gasteiger partial charge in [-0.3, -0.25) is 0 Å². The van der Waals surface area contributed by atoms with Gasteiger partial charge >= 0.3 is 4.70 Å². The van der Waals surface area contributed by atoms with Crippen LogP contribution < -0.4 is 0 Å². The third kappa shape index (κ3) is 1.65. The molecule has 1 aliphatic rings. The van der Waals surface area contributed by atoms with Gasteiger partial charge in [-0.15, -0.1) is 22.4 Å². The Hall–Kier alpha value is 0.805. The summed E-state index contributed by atoms with van der Waals surface area (Å²) >= 11 is 4.63. The van der Waals surface area contributed by atoms with E-state index in [2.05, 4.69) is 66.5 Å². The predicted molar refractivity (Wildman–Crippen MR) is 53.9 cm³/mol. The second-order valence-corrected chi connectivity index (χ2v) is 3.83. The fraction of sp³-hybridized carbons (Fsp3) is 0. The number of allylic oxidation sites excluding steroid dienone is 2. The van der Waals surface area contributed by atoms with E-state index >= 15 is 0 Å². The molecule has 1 nitrogen and oxygen atoms in total. The molecule has 8 heavy (non-hydrogen) atoms. The van der Waals surface area contributed by atoms with Crippen molar-refractivity contribution in [1.29, 1.82) is 0 Å². The molecule has 0 aromatic carbocycles.